The van der Waals surface area contributed by atoms with Crippen LogP contribution >= 0.6 is 38.5 Å². The van der Waals surface area contributed by atoms with Gasteiger partial charge < -0.3 is 10.6 Å². The van der Waals surface area contributed by atoms with Crippen LogP contribution in [0.5, 0.6) is 0 Å². The SMILES string of the molecule is CC(C)NCCCNCc1cc(Br)ccc1I. The van der Waals surface area contributed by atoms with E-state index in [1.165, 1.54) is 15.6 Å². The van der Waals surface area contributed by atoms with E-state index in [4.69, 9.17) is 0 Å². The molecule has 0 amide bonds. The van der Waals surface area contributed by atoms with Gasteiger partial charge >= 0.3 is 0 Å². The average Bonchev–Trinajstić information content (AvgIpc) is 2.27. The van der Waals surface area contributed by atoms with E-state index in [0.717, 1.165) is 24.1 Å². The van der Waals surface area contributed by atoms with Crippen molar-refractivity contribution in [3.8, 4) is 0 Å². The Morgan fingerprint density at radius 1 is 1.29 bits per heavy atom. The molecule has 0 fully saturated rings. The van der Waals surface area contributed by atoms with Crippen molar-refractivity contribution in [2.75, 3.05) is 13.1 Å². The molecule has 1 aromatic carbocycles. The Bertz CT molecular complexity index is 342. The zero-order chi connectivity index (χ0) is 12.7. The maximum Gasteiger partial charge on any atom is 0.0216 e. The summed E-state index contributed by atoms with van der Waals surface area (Å²) in [4.78, 5) is 0. The predicted molar refractivity (Wildman–Crippen MR) is 86.3 cm³/mol. The molecule has 0 heterocycles. The van der Waals surface area contributed by atoms with Crippen LogP contribution in [-0.4, -0.2) is 19.1 Å². The molecule has 1 aromatic rings. The van der Waals surface area contributed by atoms with E-state index in [2.05, 4.69) is 81.2 Å². The summed E-state index contributed by atoms with van der Waals surface area (Å²) < 4.78 is 2.47. The van der Waals surface area contributed by atoms with Gasteiger partial charge in [-0.15, -0.1) is 0 Å². The molecule has 2 nitrogen and oxygen atoms in total. The fourth-order valence-electron chi connectivity index (χ4n) is 1.51. The van der Waals surface area contributed by atoms with Crippen LogP contribution < -0.4 is 10.6 Å². The summed E-state index contributed by atoms with van der Waals surface area (Å²) in [6.45, 7) is 7.44. The molecular formula is C13H20BrIN2. The lowest BCUT2D eigenvalue weighted by Gasteiger charge is -2.09. The number of halogens is 2. The summed E-state index contributed by atoms with van der Waals surface area (Å²) in [6, 6.07) is 6.99. The van der Waals surface area contributed by atoms with Crippen LogP contribution in [0.25, 0.3) is 0 Å². The molecule has 0 spiro atoms. The number of nitrogens with one attached hydrogen (secondary N) is 2. The van der Waals surface area contributed by atoms with Crippen molar-refractivity contribution in [3.05, 3.63) is 31.8 Å². The first kappa shape index (κ1) is 15.4. The van der Waals surface area contributed by atoms with Crippen molar-refractivity contribution >= 4 is 38.5 Å². The van der Waals surface area contributed by atoms with Gasteiger partial charge in [-0.2, -0.15) is 0 Å². The van der Waals surface area contributed by atoms with Crippen molar-refractivity contribution in [1.82, 2.24) is 10.6 Å². The Balaban J connectivity index is 2.20. The van der Waals surface area contributed by atoms with Gasteiger partial charge in [0.2, 0.25) is 0 Å². The first-order valence-electron chi connectivity index (χ1n) is 5.97. The predicted octanol–water partition coefficient (Wildman–Crippen LogP) is 3.53. The van der Waals surface area contributed by atoms with Crippen LogP contribution in [0, 0.1) is 3.57 Å². The molecule has 0 bridgehead atoms. The van der Waals surface area contributed by atoms with Gasteiger partial charge in [-0.05, 0) is 65.9 Å². The molecule has 0 aliphatic rings. The third kappa shape index (κ3) is 6.74. The lowest BCUT2D eigenvalue weighted by atomic mass is 10.2. The Labute approximate surface area is 126 Å². The van der Waals surface area contributed by atoms with Crippen LogP contribution in [0.4, 0.5) is 0 Å². The van der Waals surface area contributed by atoms with Crippen molar-refractivity contribution in [3.63, 3.8) is 0 Å². The summed E-state index contributed by atoms with van der Waals surface area (Å²) in [5, 5.41) is 6.89. The molecule has 0 radical (unpaired) electrons. The molecule has 0 unspecified atom stereocenters. The standard InChI is InChI=1S/C13H20BrIN2/c1-10(2)17-7-3-6-16-9-11-8-12(14)4-5-13(11)15/h4-5,8,10,16-17H,3,6-7,9H2,1-2H3. The fraction of sp³-hybridized carbons (Fsp3) is 0.538. The third-order valence-corrected chi connectivity index (χ3v) is 3.95. The van der Waals surface area contributed by atoms with Crippen LogP contribution in [0.15, 0.2) is 22.7 Å². The van der Waals surface area contributed by atoms with Crippen molar-refractivity contribution < 1.29 is 0 Å². The maximum absolute atomic E-state index is 3.50. The van der Waals surface area contributed by atoms with E-state index in [-0.39, 0.29) is 0 Å². The number of rotatable bonds is 7. The van der Waals surface area contributed by atoms with E-state index < -0.39 is 0 Å². The molecule has 4 heteroatoms. The smallest absolute Gasteiger partial charge is 0.0216 e. The first-order chi connectivity index (χ1) is 8.09. The summed E-state index contributed by atoms with van der Waals surface area (Å²) in [7, 11) is 0. The largest absolute Gasteiger partial charge is 0.314 e. The normalized spacial score (nSPS) is 11.1. The third-order valence-electron chi connectivity index (χ3n) is 2.41. The topological polar surface area (TPSA) is 24.1 Å². The molecule has 0 aliphatic carbocycles. The number of hydrogen-bond donors (Lipinski definition) is 2. The molecule has 0 aliphatic heterocycles. The summed E-state index contributed by atoms with van der Waals surface area (Å²) in [6.07, 6.45) is 1.17. The average molecular weight is 411 g/mol. The highest BCUT2D eigenvalue weighted by Crippen LogP contribution is 2.18. The summed E-state index contributed by atoms with van der Waals surface area (Å²) in [5.74, 6) is 0. The first-order valence-corrected chi connectivity index (χ1v) is 7.85. The maximum atomic E-state index is 3.50. The zero-order valence-corrected chi connectivity index (χ0v) is 14.1. The Hall–Kier alpha value is 0.350. The van der Waals surface area contributed by atoms with Gasteiger partial charge in [0.05, 0.1) is 0 Å². The Morgan fingerprint density at radius 3 is 2.76 bits per heavy atom. The minimum atomic E-state index is 0.584. The van der Waals surface area contributed by atoms with Crippen molar-refractivity contribution in [1.29, 1.82) is 0 Å². The second kappa shape index (κ2) is 8.45. The van der Waals surface area contributed by atoms with Gasteiger partial charge in [0.1, 0.15) is 0 Å². The number of benzene rings is 1. The van der Waals surface area contributed by atoms with E-state index in [9.17, 15) is 0 Å². The quantitative estimate of drug-likeness (QED) is 0.530. The second-order valence-electron chi connectivity index (χ2n) is 4.37. The highest BCUT2D eigenvalue weighted by Gasteiger charge is 2.00. The highest BCUT2D eigenvalue weighted by atomic mass is 127. The summed E-state index contributed by atoms with van der Waals surface area (Å²) >= 11 is 5.89. The molecule has 1 rings (SSSR count). The molecular weight excluding hydrogens is 391 g/mol. The highest BCUT2D eigenvalue weighted by molar-refractivity contribution is 14.1. The lowest BCUT2D eigenvalue weighted by molar-refractivity contribution is 0.547. The molecule has 0 saturated heterocycles. The number of hydrogen-bond acceptors (Lipinski definition) is 2. The van der Waals surface area contributed by atoms with Gasteiger partial charge in [-0.1, -0.05) is 29.8 Å². The van der Waals surface area contributed by atoms with E-state index in [0.29, 0.717) is 6.04 Å². The van der Waals surface area contributed by atoms with E-state index >= 15 is 0 Å². The minimum absolute atomic E-state index is 0.584. The van der Waals surface area contributed by atoms with Gasteiger partial charge in [0.15, 0.2) is 0 Å². The lowest BCUT2D eigenvalue weighted by Crippen LogP contribution is -2.26. The van der Waals surface area contributed by atoms with Crippen LogP contribution in [0.1, 0.15) is 25.8 Å². The molecule has 2 N–H and O–H groups in total. The molecule has 0 aromatic heterocycles. The van der Waals surface area contributed by atoms with Gasteiger partial charge in [-0.3, -0.25) is 0 Å². The van der Waals surface area contributed by atoms with Gasteiger partial charge in [-0.25, -0.2) is 0 Å². The molecule has 0 saturated carbocycles. The van der Waals surface area contributed by atoms with Crippen molar-refractivity contribution in [2.24, 2.45) is 0 Å². The Morgan fingerprint density at radius 2 is 2.06 bits per heavy atom. The zero-order valence-electron chi connectivity index (χ0n) is 10.4. The van der Waals surface area contributed by atoms with Crippen LogP contribution in [-0.2, 0) is 6.54 Å². The van der Waals surface area contributed by atoms with E-state index in [1.54, 1.807) is 0 Å². The van der Waals surface area contributed by atoms with E-state index in [1.807, 2.05) is 0 Å². The summed E-state index contributed by atoms with van der Waals surface area (Å²) in [5.41, 5.74) is 1.36. The minimum Gasteiger partial charge on any atom is -0.314 e. The fourth-order valence-corrected chi connectivity index (χ4v) is 2.44. The monoisotopic (exact) mass is 410 g/mol. The Kier molecular flexibility index (Phi) is 7.66. The van der Waals surface area contributed by atoms with Crippen molar-refractivity contribution in [2.45, 2.75) is 32.9 Å². The van der Waals surface area contributed by atoms with Gasteiger partial charge in [0.25, 0.3) is 0 Å². The van der Waals surface area contributed by atoms with Crippen LogP contribution in [0.3, 0.4) is 0 Å². The van der Waals surface area contributed by atoms with Gasteiger partial charge in [0, 0.05) is 20.6 Å². The molecule has 96 valence electrons. The molecule has 17 heavy (non-hydrogen) atoms. The second-order valence-corrected chi connectivity index (χ2v) is 6.45. The molecule has 0 atom stereocenters. The van der Waals surface area contributed by atoms with Crippen LogP contribution in [0.2, 0.25) is 0 Å².